The standard InChI is InChI=1S/C15H20BrFN2/c1-2-12-9-18-7-3-4-13(18)10-19(12)15-8-11(17)5-6-14(15)16/h5-6,8,12-13H,2-4,7,9-10H2,1H3. The SMILES string of the molecule is CCC1CN2CCCC2CN1c1cc(F)ccc1Br. The number of anilines is 1. The van der Waals surface area contributed by atoms with E-state index < -0.39 is 0 Å². The molecule has 2 aliphatic rings. The second kappa shape index (κ2) is 5.41. The molecule has 4 heteroatoms. The lowest BCUT2D eigenvalue weighted by atomic mass is 10.0. The molecule has 2 unspecified atom stereocenters. The van der Waals surface area contributed by atoms with Crippen LogP contribution in [0.5, 0.6) is 0 Å². The van der Waals surface area contributed by atoms with E-state index in [0.717, 1.165) is 29.7 Å². The minimum Gasteiger partial charge on any atom is -0.365 e. The predicted octanol–water partition coefficient (Wildman–Crippen LogP) is 3.65. The van der Waals surface area contributed by atoms with E-state index in [-0.39, 0.29) is 5.82 Å². The van der Waals surface area contributed by atoms with Gasteiger partial charge in [0.05, 0.1) is 5.69 Å². The molecule has 2 saturated heterocycles. The Hall–Kier alpha value is -0.610. The Morgan fingerprint density at radius 2 is 2.21 bits per heavy atom. The first-order valence-corrected chi connectivity index (χ1v) is 7.94. The highest BCUT2D eigenvalue weighted by atomic mass is 79.9. The van der Waals surface area contributed by atoms with Gasteiger partial charge in [-0.1, -0.05) is 6.92 Å². The second-order valence-electron chi connectivity index (χ2n) is 5.60. The summed E-state index contributed by atoms with van der Waals surface area (Å²) in [6, 6.07) is 6.14. The lowest BCUT2D eigenvalue weighted by Gasteiger charge is -2.45. The van der Waals surface area contributed by atoms with Crippen LogP contribution in [0.25, 0.3) is 0 Å². The highest BCUT2D eigenvalue weighted by Crippen LogP contribution is 2.34. The maximum Gasteiger partial charge on any atom is 0.125 e. The predicted molar refractivity (Wildman–Crippen MR) is 80.1 cm³/mol. The molecule has 19 heavy (non-hydrogen) atoms. The number of nitrogens with zero attached hydrogens (tertiary/aromatic N) is 2. The van der Waals surface area contributed by atoms with E-state index in [1.165, 1.54) is 25.5 Å². The molecule has 3 rings (SSSR count). The summed E-state index contributed by atoms with van der Waals surface area (Å²) in [7, 11) is 0. The minimum atomic E-state index is -0.151. The van der Waals surface area contributed by atoms with Gasteiger partial charge in [-0.3, -0.25) is 4.90 Å². The van der Waals surface area contributed by atoms with Gasteiger partial charge in [-0.05, 0) is 59.9 Å². The zero-order valence-corrected chi connectivity index (χ0v) is 12.9. The maximum atomic E-state index is 13.5. The average molecular weight is 327 g/mol. The molecule has 0 amide bonds. The zero-order chi connectivity index (χ0) is 13.4. The molecule has 104 valence electrons. The number of piperazine rings is 1. The van der Waals surface area contributed by atoms with Crippen LogP contribution in [0.2, 0.25) is 0 Å². The molecular weight excluding hydrogens is 307 g/mol. The van der Waals surface area contributed by atoms with E-state index in [4.69, 9.17) is 0 Å². The fourth-order valence-corrected chi connectivity index (χ4v) is 3.91. The Bertz CT molecular complexity index is 465. The first-order chi connectivity index (χ1) is 9.19. The topological polar surface area (TPSA) is 6.48 Å². The van der Waals surface area contributed by atoms with Crippen LogP contribution in [-0.2, 0) is 0 Å². The lowest BCUT2D eigenvalue weighted by Crippen LogP contribution is -2.56. The van der Waals surface area contributed by atoms with Crippen molar-refractivity contribution in [2.24, 2.45) is 0 Å². The first-order valence-electron chi connectivity index (χ1n) is 7.14. The molecule has 0 N–H and O–H groups in total. The van der Waals surface area contributed by atoms with E-state index in [1.807, 2.05) is 6.07 Å². The Morgan fingerprint density at radius 3 is 3.00 bits per heavy atom. The normalized spacial score (nSPS) is 27.6. The monoisotopic (exact) mass is 326 g/mol. The minimum absolute atomic E-state index is 0.151. The quantitative estimate of drug-likeness (QED) is 0.818. The van der Waals surface area contributed by atoms with Crippen molar-refractivity contribution in [3.63, 3.8) is 0 Å². The zero-order valence-electron chi connectivity index (χ0n) is 11.3. The number of hydrogen-bond acceptors (Lipinski definition) is 2. The summed E-state index contributed by atoms with van der Waals surface area (Å²) in [6.07, 6.45) is 3.69. The molecular formula is C15H20BrFN2. The molecule has 1 aromatic carbocycles. The van der Waals surface area contributed by atoms with Gasteiger partial charge in [0.1, 0.15) is 5.82 Å². The van der Waals surface area contributed by atoms with Crippen LogP contribution in [-0.4, -0.2) is 36.6 Å². The van der Waals surface area contributed by atoms with Crippen LogP contribution < -0.4 is 4.90 Å². The van der Waals surface area contributed by atoms with Gasteiger partial charge in [-0.15, -0.1) is 0 Å². The van der Waals surface area contributed by atoms with Crippen molar-refractivity contribution in [2.75, 3.05) is 24.5 Å². The van der Waals surface area contributed by atoms with Crippen molar-refractivity contribution in [3.05, 3.63) is 28.5 Å². The van der Waals surface area contributed by atoms with Gasteiger partial charge >= 0.3 is 0 Å². The third-order valence-electron chi connectivity index (χ3n) is 4.48. The Labute approximate surface area is 122 Å². The van der Waals surface area contributed by atoms with Crippen LogP contribution in [0.15, 0.2) is 22.7 Å². The van der Waals surface area contributed by atoms with E-state index >= 15 is 0 Å². The summed E-state index contributed by atoms with van der Waals surface area (Å²) in [5, 5.41) is 0. The molecule has 0 bridgehead atoms. The van der Waals surface area contributed by atoms with Crippen LogP contribution >= 0.6 is 15.9 Å². The lowest BCUT2D eigenvalue weighted by molar-refractivity contribution is 0.194. The molecule has 1 aromatic rings. The molecule has 0 aromatic heterocycles. The smallest absolute Gasteiger partial charge is 0.125 e. The number of rotatable bonds is 2. The van der Waals surface area contributed by atoms with Crippen LogP contribution in [0.3, 0.4) is 0 Å². The van der Waals surface area contributed by atoms with E-state index in [0.29, 0.717) is 12.1 Å². The molecule has 0 aliphatic carbocycles. The molecule has 2 aliphatic heterocycles. The van der Waals surface area contributed by atoms with Crippen molar-refractivity contribution in [1.82, 2.24) is 4.90 Å². The second-order valence-corrected chi connectivity index (χ2v) is 6.46. The van der Waals surface area contributed by atoms with Gasteiger partial charge < -0.3 is 4.90 Å². The molecule has 2 heterocycles. The third-order valence-corrected chi connectivity index (χ3v) is 5.15. The molecule has 2 atom stereocenters. The summed E-state index contributed by atoms with van der Waals surface area (Å²) < 4.78 is 14.5. The number of fused-ring (bicyclic) bond motifs is 1. The Morgan fingerprint density at radius 1 is 1.37 bits per heavy atom. The maximum absolute atomic E-state index is 13.5. The first kappa shape index (κ1) is 13.4. The van der Waals surface area contributed by atoms with Gasteiger partial charge in [-0.25, -0.2) is 4.39 Å². The van der Waals surface area contributed by atoms with Crippen LogP contribution in [0.4, 0.5) is 10.1 Å². The van der Waals surface area contributed by atoms with Gasteiger partial charge in [0.2, 0.25) is 0 Å². The molecule has 0 radical (unpaired) electrons. The fraction of sp³-hybridized carbons (Fsp3) is 0.600. The summed E-state index contributed by atoms with van der Waals surface area (Å²) >= 11 is 3.57. The average Bonchev–Trinajstić information content (AvgIpc) is 2.87. The van der Waals surface area contributed by atoms with Crippen LogP contribution in [0.1, 0.15) is 26.2 Å². The molecule has 0 spiro atoms. The van der Waals surface area contributed by atoms with Crippen molar-refractivity contribution < 1.29 is 4.39 Å². The van der Waals surface area contributed by atoms with Gasteiger partial charge in [0, 0.05) is 29.6 Å². The van der Waals surface area contributed by atoms with Crippen molar-refractivity contribution in [3.8, 4) is 0 Å². The number of benzene rings is 1. The highest BCUT2D eigenvalue weighted by molar-refractivity contribution is 9.10. The van der Waals surface area contributed by atoms with Gasteiger partial charge in [0.25, 0.3) is 0 Å². The van der Waals surface area contributed by atoms with Crippen molar-refractivity contribution in [2.45, 2.75) is 38.3 Å². The summed E-state index contributed by atoms with van der Waals surface area (Å²) in [6.45, 7) is 5.60. The van der Waals surface area contributed by atoms with Crippen molar-refractivity contribution in [1.29, 1.82) is 0 Å². The van der Waals surface area contributed by atoms with E-state index in [2.05, 4.69) is 32.7 Å². The summed E-state index contributed by atoms with van der Waals surface area (Å²) in [5.41, 5.74) is 1.01. The molecule has 2 fully saturated rings. The fourth-order valence-electron chi connectivity index (χ4n) is 3.44. The van der Waals surface area contributed by atoms with Crippen molar-refractivity contribution >= 4 is 21.6 Å². The Kier molecular flexibility index (Phi) is 3.81. The third kappa shape index (κ3) is 2.52. The number of halogens is 2. The summed E-state index contributed by atoms with van der Waals surface area (Å²) in [5.74, 6) is -0.151. The largest absolute Gasteiger partial charge is 0.365 e. The van der Waals surface area contributed by atoms with Gasteiger partial charge in [0.15, 0.2) is 0 Å². The molecule has 0 saturated carbocycles. The van der Waals surface area contributed by atoms with Crippen LogP contribution in [0, 0.1) is 5.82 Å². The Balaban J connectivity index is 1.90. The number of hydrogen-bond donors (Lipinski definition) is 0. The summed E-state index contributed by atoms with van der Waals surface area (Å²) in [4.78, 5) is 5.01. The molecule has 2 nitrogen and oxygen atoms in total. The van der Waals surface area contributed by atoms with Gasteiger partial charge in [-0.2, -0.15) is 0 Å². The van der Waals surface area contributed by atoms with E-state index in [1.54, 1.807) is 6.07 Å². The van der Waals surface area contributed by atoms with E-state index in [9.17, 15) is 4.39 Å². The highest BCUT2D eigenvalue weighted by Gasteiger charge is 2.36.